The minimum Gasteiger partial charge on any atom is -0.356 e. The molecule has 0 aromatic carbocycles. The maximum Gasteiger partial charge on any atom is 0.220 e. The summed E-state index contributed by atoms with van der Waals surface area (Å²) in [5.41, 5.74) is 0. The molecule has 0 radical (unpaired) electrons. The van der Waals surface area contributed by atoms with E-state index in [4.69, 9.17) is 0 Å². The number of unbranched alkanes of at least 4 members (excludes halogenated alkanes) is 14. The largest absolute Gasteiger partial charge is 0.356 e. The second kappa shape index (κ2) is 30.8. The number of carbonyl (C=O) groups excluding carboxylic acids is 3. The number of hydrogen-bond donors (Lipinski definition) is 3. The van der Waals surface area contributed by atoms with Crippen molar-refractivity contribution in [1.29, 1.82) is 0 Å². The molecule has 0 aromatic rings. The molecule has 6 nitrogen and oxygen atoms in total. The highest BCUT2D eigenvalue weighted by Crippen LogP contribution is 2.13. The number of rotatable bonds is 22. The molecule has 3 N–H and O–H groups in total. The van der Waals surface area contributed by atoms with Gasteiger partial charge in [-0.2, -0.15) is 0 Å². The summed E-state index contributed by atoms with van der Waals surface area (Å²) in [6.07, 6.45) is 22.6. The Labute approximate surface area is 233 Å². The standard InChI is InChI=1S/C27H51N3O3.2C2H6.2H2/c1-2-3-4-5-6-7-8-9-10-11-12-13-15-18-26(32)28-20-17-14-16-19-27(33)30-24-21-25(23-31)29-22-24;2*1-2;;/h23-25,29H,2-22H2,1H3,(H,28,32)(H,30,33);2*1-2H3;2*1H/t24?,25-;;;;/m0..../s1. The number of carbonyl (C=O) groups is 3. The molecule has 0 bridgehead atoms. The highest BCUT2D eigenvalue weighted by Gasteiger charge is 2.24. The Morgan fingerprint density at radius 1 is 0.730 bits per heavy atom. The summed E-state index contributed by atoms with van der Waals surface area (Å²) < 4.78 is 0. The smallest absolute Gasteiger partial charge is 0.220 e. The number of amides is 2. The van der Waals surface area contributed by atoms with Crippen molar-refractivity contribution >= 4 is 18.1 Å². The average molecular weight is 530 g/mol. The molecule has 1 fully saturated rings. The van der Waals surface area contributed by atoms with Crippen LogP contribution in [0.5, 0.6) is 0 Å². The lowest BCUT2D eigenvalue weighted by atomic mass is 10.0. The lowest BCUT2D eigenvalue weighted by molar-refractivity contribution is -0.122. The van der Waals surface area contributed by atoms with Gasteiger partial charge in [-0.15, -0.1) is 0 Å². The fourth-order valence-electron chi connectivity index (χ4n) is 4.49. The average Bonchev–Trinajstić information content (AvgIpc) is 3.38. The molecule has 0 aromatic heterocycles. The van der Waals surface area contributed by atoms with Gasteiger partial charge in [-0.25, -0.2) is 0 Å². The van der Waals surface area contributed by atoms with Crippen LogP contribution in [0, 0.1) is 0 Å². The van der Waals surface area contributed by atoms with Crippen LogP contribution < -0.4 is 16.0 Å². The Bertz CT molecular complexity index is 525. The van der Waals surface area contributed by atoms with Crippen LogP contribution in [0.2, 0.25) is 0 Å². The first-order valence-corrected chi connectivity index (χ1v) is 15.9. The fraction of sp³-hybridized carbons (Fsp3) is 0.903. The van der Waals surface area contributed by atoms with E-state index in [1.54, 1.807) is 0 Å². The molecule has 0 aliphatic carbocycles. The summed E-state index contributed by atoms with van der Waals surface area (Å²) in [5.74, 6) is 0.217. The SMILES string of the molecule is CC.CC.CCCCCCCCCCCCCCCC(=O)NCCCCCC(=O)NC1CN[C@H](C=O)C1.[HH].[HH]. The maximum atomic E-state index is 11.9. The number of aldehydes is 1. The van der Waals surface area contributed by atoms with Gasteiger partial charge in [-0.05, 0) is 25.7 Å². The molecule has 1 aliphatic heterocycles. The van der Waals surface area contributed by atoms with Crippen LogP contribution in [-0.4, -0.2) is 43.3 Å². The van der Waals surface area contributed by atoms with Crippen molar-refractivity contribution in [3.8, 4) is 0 Å². The van der Waals surface area contributed by atoms with Crippen LogP contribution in [0.15, 0.2) is 0 Å². The molecule has 1 rings (SSSR count). The van der Waals surface area contributed by atoms with Gasteiger partial charge in [0.2, 0.25) is 11.8 Å². The Balaban J connectivity index is -0.000000972. The molecule has 1 heterocycles. The van der Waals surface area contributed by atoms with Gasteiger partial charge in [-0.1, -0.05) is 118 Å². The monoisotopic (exact) mass is 530 g/mol. The topological polar surface area (TPSA) is 87.3 Å². The minimum absolute atomic E-state index is 0. The molecule has 1 aliphatic rings. The van der Waals surface area contributed by atoms with E-state index in [0.29, 0.717) is 32.4 Å². The Kier molecular flexibility index (Phi) is 31.4. The van der Waals surface area contributed by atoms with Crippen LogP contribution in [0.4, 0.5) is 0 Å². The van der Waals surface area contributed by atoms with E-state index >= 15 is 0 Å². The normalized spacial score (nSPS) is 16.1. The van der Waals surface area contributed by atoms with Crippen molar-refractivity contribution in [3.63, 3.8) is 0 Å². The molecule has 0 spiro atoms. The summed E-state index contributed by atoms with van der Waals surface area (Å²) in [7, 11) is 0. The van der Waals surface area contributed by atoms with Crippen molar-refractivity contribution in [2.45, 2.75) is 169 Å². The van der Waals surface area contributed by atoms with Gasteiger partial charge in [-0.3, -0.25) is 9.59 Å². The van der Waals surface area contributed by atoms with Crippen molar-refractivity contribution in [3.05, 3.63) is 0 Å². The van der Waals surface area contributed by atoms with E-state index in [-0.39, 0.29) is 26.8 Å². The zero-order chi connectivity index (χ0) is 28.0. The van der Waals surface area contributed by atoms with Crippen LogP contribution in [0.1, 0.15) is 159 Å². The minimum atomic E-state index is -0.126. The molecule has 6 heteroatoms. The lowest BCUT2D eigenvalue weighted by Gasteiger charge is -2.11. The van der Waals surface area contributed by atoms with E-state index in [9.17, 15) is 14.4 Å². The van der Waals surface area contributed by atoms with Gasteiger partial charge in [0.15, 0.2) is 0 Å². The summed E-state index contributed by atoms with van der Waals surface area (Å²) in [5, 5.41) is 9.06. The van der Waals surface area contributed by atoms with E-state index in [1.807, 2.05) is 27.7 Å². The second-order valence-corrected chi connectivity index (χ2v) is 9.80. The van der Waals surface area contributed by atoms with E-state index in [1.165, 1.54) is 70.6 Å². The van der Waals surface area contributed by atoms with E-state index in [2.05, 4.69) is 22.9 Å². The molecule has 0 saturated carbocycles. The Morgan fingerprint density at radius 3 is 1.68 bits per heavy atom. The van der Waals surface area contributed by atoms with E-state index < -0.39 is 0 Å². The van der Waals surface area contributed by atoms with Gasteiger partial charge in [0.05, 0.1) is 6.04 Å². The molecule has 2 amide bonds. The zero-order valence-corrected chi connectivity index (χ0v) is 25.3. The van der Waals surface area contributed by atoms with Crippen molar-refractivity contribution in [1.82, 2.24) is 16.0 Å². The number of hydrogen-bond acceptors (Lipinski definition) is 4. The molecule has 1 saturated heterocycles. The quantitative estimate of drug-likeness (QED) is 0.0989. The maximum absolute atomic E-state index is 11.9. The predicted octanol–water partition coefficient (Wildman–Crippen LogP) is 7.73. The second-order valence-electron chi connectivity index (χ2n) is 9.80. The van der Waals surface area contributed by atoms with Gasteiger partial charge in [0.25, 0.3) is 0 Å². The van der Waals surface area contributed by atoms with Crippen LogP contribution in [0.25, 0.3) is 0 Å². The predicted molar refractivity (Wildman–Crippen MR) is 163 cm³/mol. The van der Waals surface area contributed by atoms with Crippen LogP contribution in [0.3, 0.4) is 0 Å². The van der Waals surface area contributed by atoms with E-state index in [0.717, 1.165) is 38.4 Å². The molecular formula is C31H67N3O3. The third kappa shape index (κ3) is 26.0. The third-order valence-electron chi connectivity index (χ3n) is 6.60. The zero-order valence-electron chi connectivity index (χ0n) is 25.3. The van der Waals surface area contributed by atoms with Gasteiger partial charge >= 0.3 is 0 Å². The van der Waals surface area contributed by atoms with Gasteiger partial charge < -0.3 is 20.7 Å². The molecule has 2 atom stereocenters. The first kappa shape index (κ1) is 37.7. The van der Waals surface area contributed by atoms with Crippen molar-refractivity contribution in [2.24, 2.45) is 0 Å². The highest BCUT2D eigenvalue weighted by molar-refractivity contribution is 5.76. The summed E-state index contributed by atoms with van der Waals surface area (Å²) in [6, 6.07) is -0.0595. The summed E-state index contributed by atoms with van der Waals surface area (Å²) >= 11 is 0. The van der Waals surface area contributed by atoms with Crippen LogP contribution in [-0.2, 0) is 14.4 Å². The van der Waals surface area contributed by atoms with Gasteiger partial charge in [0.1, 0.15) is 6.29 Å². The lowest BCUT2D eigenvalue weighted by Crippen LogP contribution is -2.36. The van der Waals surface area contributed by atoms with Crippen molar-refractivity contribution in [2.75, 3.05) is 13.1 Å². The number of nitrogens with one attached hydrogen (secondary N) is 3. The first-order chi connectivity index (χ1) is 18.2. The highest BCUT2D eigenvalue weighted by atomic mass is 16.2. The van der Waals surface area contributed by atoms with Crippen LogP contribution >= 0.6 is 0 Å². The van der Waals surface area contributed by atoms with Crippen molar-refractivity contribution < 1.29 is 17.2 Å². The molecule has 224 valence electrons. The molecule has 1 unspecified atom stereocenters. The third-order valence-corrected chi connectivity index (χ3v) is 6.60. The molecule has 37 heavy (non-hydrogen) atoms. The molecular weight excluding hydrogens is 462 g/mol. The first-order valence-electron chi connectivity index (χ1n) is 15.9. The Hall–Kier alpha value is -1.43. The Morgan fingerprint density at radius 2 is 1.19 bits per heavy atom. The fourth-order valence-corrected chi connectivity index (χ4v) is 4.49. The summed E-state index contributed by atoms with van der Waals surface area (Å²) in [4.78, 5) is 34.6. The summed E-state index contributed by atoms with van der Waals surface area (Å²) in [6.45, 7) is 11.6. The van der Waals surface area contributed by atoms with Gasteiger partial charge in [0, 0.05) is 34.8 Å².